The highest BCUT2D eigenvalue weighted by atomic mass is 16.6. The molecule has 5 heteroatoms. The molecule has 3 fully saturated rings. The number of rotatable bonds is 4. The van der Waals surface area contributed by atoms with Gasteiger partial charge in [-0.3, -0.25) is 14.4 Å². The molecule has 1 aromatic carbocycles. The fraction of sp³-hybridized carbons (Fsp3) is 0.615. The van der Waals surface area contributed by atoms with Gasteiger partial charge in [-0.25, -0.2) is 5.48 Å². The number of allylic oxidation sites excluding steroid dienone is 1. The largest absolute Gasteiger partial charge is 0.353 e. The van der Waals surface area contributed by atoms with E-state index < -0.39 is 0 Å². The third kappa shape index (κ3) is 3.42. The van der Waals surface area contributed by atoms with Gasteiger partial charge >= 0.3 is 0 Å². The van der Waals surface area contributed by atoms with E-state index in [2.05, 4.69) is 30.7 Å². The van der Waals surface area contributed by atoms with Crippen LogP contribution in [-0.4, -0.2) is 17.9 Å². The van der Waals surface area contributed by atoms with E-state index in [1.807, 2.05) is 30.3 Å². The number of carbonyl (C=O) groups excluding carboxylic acids is 2. The fourth-order valence-corrected chi connectivity index (χ4v) is 7.44. The maximum absolute atomic E-state index is 13.0. The van der Waals surface area contributed by atoms with Crippen LogP contribution in [0.5, 0.6) is 0 Å². The second kappa shape index (κ2) is 7.77. The molecule has 1 heterocycles. The van der Waals surface area contributed by atoms with Gasteiger partial charge in [-0.1, -0.05) is 50.3 Å². The van der Waals surface area contributed by atoms with E-state index >= 15 is 0 Å². The van der Waals surface area contributed by atoms with E-state index in [0.717, 1.165) is 49.7 Å². The average molecular weight is 423 g/mol. The van der Waals surface area contributed by atoms with E-state index in [0.29, 0.717) is 36.8 Å². The molecule has 0 aromatic heterocycles. The van der Waals surface area contributed by atoms with Gasteiger partial charge in [0, 0.05) is 23.5 Å². The summed E-state index contributed by atoms with van der Waals surface area (Å²) in [6.07, 6.45) is 9.20. The molecule has 166 valence electrons. The Kier molecular flexibility index (Phi) is 5.20. The first-order chi connectivity index (χ1) is 14.9. The second-order valence-electron chi connectivity index (χ2n) is 10.6. The van der Waals surface area contributed by atoms with Crippen molar-refractivity contribution in [3.05, 3.63) is 47.5 Å². The van der Waals surface area contributed by atoms with Crippen LogP contribution in [0.25, 0.3) is 0 Å². The predicted molar refractivity (Wildman–Crippen MR) is 118 cm³/mol. The van der Waals surface area contributed by atoms with Crippen molar-refractivity contribution in [2.24, 2.45) is 28.6 Å². The van der Waals surface area contributed by atoms with Crippen LogP contribution in [0.15, 0.2) is 42.0 Å². The van der Waals surface area contributed by atoms with Crippen LogP contribution in [0.4, 0.5) is 0 Å². The van der Waals surface area contributed by atoms with Gasteiger partial charge in [-0.15, -0.1) is 0 Å². The summed E-state index contributed by atoms with van der Waals surface area (Å²) in [5.41, 5.74) is 4.77. The summed E-state index contributed by atoms with van der Waals surface area (Å²) in [6, 6.07) is 10.2. The van der Waals surface area contributed by atoms with Crippen molar-refractivity contribution in [2.45, 2.75) is 71.4 Å². The number of hydrogen-bond acceptors (Lipinski definition) is 3. The molecule has 1 saturated heterocycles. The lowest BCUT2D eigenvalue weighted by molar-refractivity contribution is -0.138. The van der Waals surface area contributed by atoms with E-state index in [4.69, 9.17) is 4.84 Å². The molecule has 4 aliphatic rings. The Morgan fingerprint density at radius 1 is 1.13 bits per heavy atom. The third-order valence-electron chi connectivity index (χ3n) is 9.17. The summed E-state index contributed by atoms with van der Waals surface area (Å²) in [5, 5.41) is 3.29. The predicted octanol–water partition coefficient (Wildman–Crippen LogP) is 4.29. The Morgan fingerprint density at radius 2 is 1.94 bits per heavy atom. The summed E-state index contributed by atoms with van der Waals surface area (Å²) in [5.74, 6) is 1.91. The molecule has 1 aromatic rings. The van der Waals surface area contributed by atoms with Crippen molar-refractivity contribution in [3.63, 3.8) is 0 Å². The highest BCUT2D eigenvalue weighted by Crippen LogP contribution is 2.64. The highest BCUT2D eigenvalue weighted by molar-refractivity contribution is 5.94. The maximum Gasteiger partial charge on any atom is 0.271 e. The molecule has 31 heavy (non-hydrogen) atoms. The molecular weight excluding hydrogens is 388 g/mol. The van der Waals surface area contributed by atoms with Crippen molar-refractivity contribution in [2.75, 3.05) is 0 Å². The van der Waals surface area contributed by atoms with E-state index in [1.54, 1.807) is 0 Å². The van der Waals surface area contributed by atoms with Gasteiger partial charge in [0.15, 0.2) is 0 Å². The summed E-state index contributed by atoms with van der Waals surface area (Å²) in [6.45, 7) is 5.07. The van der Waals surface area contributed by atoms with E-state index in [-0.39, 0.29) is 22.6 Å². The zero-order valence-corrected chi connectivity index (χ0v) is 18.7. The molecule has 2 amide bonds. The second-order valence-corrected chi connectivity index (χ2v) is 10.6. The standard InChI is InChI=1S/C26H34N2O3/c1-25-14-12-20-18(8-11-22-26(20,2)15-13-23(29)27-22)19(25)9-10-21(25)24(30)28-31-16-17-6-4-3-5-7-17/h3-7,10,18-20,22H,8-9,11-16H2,1-2H3,(H,27,29)(H,28,30)/t18-,19-,20-,22?,25-,26+/m0/s1. The monoisotopic (exact) mass is 422 g/mol. The van der Waals surface area contributed by atoms with Gasteiger partial charge in [-0.05, 0) is 67.3 Å². The molecule has 6 atom stereocenters. The SMILES string of the molecule is C[C@]12CCC(=O)NC1CC[C@@H]1[C@@H]2CC[C@]2(C)C(C(=O)NOCc3ccccc3)=CC[C@@H]12. The van der Waals surface area contributed by atoms with Gasteiger partial charge in [-0.2, -0.15) is 0 Å². The molecule has 2 saturated carbocycles. The summed E-state index contributed by atoms with van der Waals surface area (Å²) >= 11 is 0. The van der Waals surface area contributed by atoms with Gasteiger partial charge in [0.1, 0.15) is 0 Å². The average Bonchev–Trinajstić information content (AvgIpc) is 3.12. The first kappa shape index (κ1) is 20.7. The van der Waals surface area contributed by atoms with Gasteiger partial charge in [0.05, 0.1) is 6.61 Å². The van der Waals surface area contributed by atoms with Crippen LogP contribution in [-0.2, 0) is 21.0 Å². The smallest absolute Gasteiger partial charge is 0.271 e. The first-order valence-corrected chi connectivity index (χ1v) is 11.9. The minimum atomic E-state index is -0.0809. The molecule has 5 rings (SSSR count). The Balaban J connectivity index is 1.26. The first-order valence-electron chi connectivity index (χ1n) is 11.9. The minimum absolute atomic E-state index is 0.0794. The van der Waals surface area contributed by atoms with Crippen molar-refractivity contribution >= 4 is 11.8 Å². The quantitative estimate of drug-likeness (QED) is 0.711. The van der Waals surface area contributed by atoms with Crippen LogP contribution in [0.1, 0.15) is 64.4 Å². The number of hydrogen-bond donors (Lipinski definition) is 2. The number of benzene rings is 1. The third-order valence-corrected chi connectivity index (χ3v) is 9.17. The maximum atomic E-state index is 13.0. The molecule has 5 nitrogen and oxygen atoms in total. The molecule has 1 unspecified atom stereocenters. The Hall–Kier alpha value is -2.14. The lowest BCUT2D eigenvalue weighted by atomic mass is 9.47. The lowest BCUT2D eigenvalue weighted by Crippen LogP contribution is -2.61. The lowest BCUT2D eigenvalue weighted by Gasteiger charge is -2.59. The van der Waals surface area contributed by atoms with Crippen molar-refractivity contribution in [1.29, 1.82) is 0 Å². The Morgan fingerprint density at radius 3 is 2.74 bits per heavy atom. The zero-order chi connectivity index (χ0) is 21.6. The number of hydroxylamine groups is 1. The van der Waals surface area contributed by atoms with E-state index in [9.17, 15) is 9.59 Å². The summed E-state index contributed by atoms with van der Waals surface area (Å²) in [4.78, 5) is 30.5. The zero-order valence-electron chi connectivity index (χ0n) is 18.7. The minimum Gasteiger partial charge on any atom is -0.353 e. The van der Waals surface area contributed by atoms with Crippen LogP contribution in [0, 0.1) is 28.6 Å². The molecule has 0 radical (unpaired) electrons. The molecule has 2 N–H and O–H groups in total. The van der Waals surface area contributed by atoms with Crippen molar-refractivity contribution in [3.8, 4) is 0 Å². The number of amides is 2. The number of fused-ring (bicyclic) bond motifs is 5. The topological polar surface area (TPSA) is 67.4 Å². The number of nitrogens with one attached hydrogen (secondary N) is 2. The van der Waals surface area contributed by atoms with Crippen LogP contribution in [0.2, 0.25) is 0 Å². The normalized spacial score (nSPS) is 38.9. The Bertz CT molecular complexity index is 897. The van der Waals surface area contributed by atoms with E-state index in [1.165, 1.54) is 0 Å². The van der Waals surface area contributed by atoms with Gasteiger partial charge in [0.25, 0.3) is 5.91 Å². The van der Waals surface area contributed by atoms with Crippen LogP contribution < -0.4 is 10.8 Å². The highest BCUT2D eigenvalue weighted by Gasteiger charge is 2.59. The van der Waals surface area contributed by atoms with Crippen molar-refractivity contribution < 1.29 is 14.4 Å². The molecule has 0 spiro atoms. The number of piperidine rings is 1. The molecule has 3 aliphatic carbocycles. The molecule has 0 bridgehead atoms. The van der Waals surface area contributed by atoms with Crippen molar-refractivity contribution in [1.82, 2.24) is 10.8 Å². The molecular formula is C26H34N2O3. The summed E-state index contributed by atoms with van der Waals surface area (Å²) in [7, 11) is 0. The van der Waals surface area contributed by atoms with Gasteiger partial charge in [0.2, 0.25) is 5.91 Å². The fourth-order valence-electron chi connectivity index (χ4n) is 7.44. The van der Waals surface area contributed by atoms with Crippen LogP contribution in [0.3, 0.4) is 0 Å². The molecule has 1 aliphatic heterocycles. The summed E-state index contributed by atoms with van der Waals surface area (Å²) < 4.78 is 0. The Labute approximate surface area is 185 Å². The van der Waals surface area contributed by atoms with Gasteiger partial charge < -0.3 is 5.32 Å². The van der Waals surface area contributed by atoms with Crippen LogP contribution >= 0.6 is 0 Å². The number of carbonyl (C=O) groups is 2.